The molecule has 0 aromatic heterocycles. The molecule has 22 heavy (non-hydrogen) atoms. The summed E-state index contributed by atoms with van der Waals surface area (Å²) in [6, 6.07) is -2.27. The van der Waals surface area contributed by atoms with Crippen LogP contribution in [0.5, 0.6) is 0 Å². The first-order valence-corrected chi connectivity index (χ1v) is 5.44. The standard InChI is InChI=1S/2C5H9NO4.2Na/c2*6-3(5(9)10)1-2-4(7)8;;/h2*3H,1-2,6H2,(H,7,8)(H,9,10);;/q;;2*+1/p-2. The number of hydrogen-bond acceptors (Lipinski definition) is 8. The largest absolute Gasteiger partial charge is 1.00 e. The van der Waals surface area contributed by atoms with Gasteiger partial charge in [-0.25, -0.2) is 0 Å². The van der Waals surface area contributed by atoms with Crippen molar-refractivity contribution in [3.8, 4) is 0 Å². The molecule has 0 aliphatic carbocycles. The van der Waals surface area contributed by atoms with E-state index in [9.17, 15) is 29.4 Å². The minimum atomic E-state index is -1.44. The number of rotatable bonds is 8. The maximum Gasteiger partial charge on any atom is 1.00 e. The Bertz CT molecular complexity index is 333. The molecule has 0 amide bonds. The van der Waals surface area contributed by atoms with Crippen LogP contribution in [0.25, 0.3) is 0 Å². The molecule has 0 fully saturated rings. The van der Waals surface area contributed by atoms with E-state index in [1.54, 1.807) is 0 Å². The van der Waals surface area contributed by atoms with Gasteiger partial charge in [-0.05, 0) is 19.3 Å². The summed E-state index contributed by atoms with van der Waals surface area (Å²) in [6.07, 6.45) is -0.724. The van der Waals surface area contributed by atoms with Crippen molar-refractivity contribution in [1.82, 2.24) is 0 Å². The van der Waals surface area contributed by atoms with E-state index in [1.807, 2.05) is 0 Å². The molecule has 0 radical (unpaired) electrons. The third kappa shape index (κ3) is 22.1. The van der Waals surface area contributed by atoms with Gasteiger partial charge in [-0.15, -0.1) is 0 Å². The summed E-state index contributed by atoms with van der Waals surface area (Å²) >= 11 is 0. The molecule has 6 N–H and O–H groups in total. The van der Waals surface area contributed by atoms with Gasteiger partial charge in [-0.3, -0.25) is 9.59 Å². The van der Waals surface area contributed by atoms with Crippen molar-refractivity contribution < 1.29 is 98.7 Å². The first-order valence-electron chi connectivity index (χ1n) is 5.44. The van der Waals surface area contributed by atoms with Crippen LogP contribution in [0.15, 0.2) is 0 Å². The molecular weight excluding hydrogens is 322 g/mol. The van der Waals surface area contributed by atoms with Gasteiger partial charge in [0.15, 0.2) is 0 Å². The van der Waals surface area contributed by atoms with Crippen molar-refractivity contribution >= 4 is 23.9 Å². The molecule has 0 aliphatic heterocycles. The summed E-state index contributed by atoms with van der Waals surface area (Å²) in [6.45, 7) is 0. The summed E-state index contributed by atoms with van der Waals surface area (Å²) in [5, 5.41) is 35.9. The molecule has 2 atom stereocenters. The molecule has 0 saturated carbocycles. The third-order valence-electron chi connectivity index (χ3n) is 1.95. The Morgan fingerprint density at radius 2 is 1.27 bits per heavy atom. The normalized spacial score (nSPS) is 11.4. The fourth-order valence-electron chi connectivity index (χ4n) is 0.794. The zero-order chi connectivity index (χ0) is 16.3. The quantitative estimate of drug-likeness (QED) is 0.307. The van der Waals surface area contributed by atoms with Gasteiger partial charge in [-0.2, -0.15) is 0 Å². The SMILES string of the molecule is NC(CCC(=O)O)C(=O)O.NC(CCC(=O)[O-])C(=O)[O-].[Na+].[Na+]. The van der Waals surface area contributed by atoms with Crippen molar-refractivity contribution in [3.63, 3.8) is 0 Å². The predicted molar refractivity (Wildman–Crippen MR) is 59.7 cm³/mol. The van der Waals surface area contributed by atoms with Gasteiger partial charge in [0, 0.05) is 18.4 Å². The third-order valence-corrected chi connectivity index (χ3v) is 1.95. The molecule has 10 nitrogen and oxygen atoms in total. The smallest absolute Gasteiger partial charge is 0.550 e. The first kappa shape index (κ1) is 29.8. The maximum absolute atomic E-state index is 9.99. The maximum atomic E-state index is 9.99. The summed E-state index contributed by atoms with van der Waals surface area (Å²) < 4.78 is 0. The van der Waals surface area contributed by atoms with Gasteiger partial charge < -0.3 is 41.5 Å². The molecule has 0 bridgehead atoms. The van der Waals surface area contributed by atoms with Crippen molar-refractivity contribution in [1.29, 1.82) is 0 Å². The zero-order valence-corrected chi connectivity index (χ0v) is 16.5. The van der Waals surface area contributed by atoms with E-state index in [4.69, 9.17) is 21.7 Å². The van der Waals surface area contributed by atoms with Gasteiger partial charge in [-0.1, -0.05) is 0 Å². The van der Waals surface area contributed by atoms with Gasteiger partial charge >= 0.3 is 71.1 Å². The van der Waals surface area contributed by atoms with Crippen LogP contribution in [0.1, 0.15) is 25.7 Å². The number of carboxylic acid groups (broad SMARTS) is 4. The van der Waals surface area contributed by atoms with Crippen LogP contribution >= 0.6 is 0 Å². The Morgan fingerprint density at radius 3 is 1.55 bits per heavy atom. The number of hydrogen-bond donors (Lipinski definition) is 4. The van der Waals surface area contributed by atoms with E-state index in [1.165, 1.54) is 0 Å². The molecular formula is C10H16N2Na2O8. The van der Waals surface area contributed by atoms with Crippen LogP contribution in [0.4, 0.5) is 0 Å². The summed E-state index contributed by atoms with van der Waals surface area (Å²) in [7, 11) is 0. The van der Waals surface area contributed by atoms with Crippen LogP contribution in [0.2, 0.25) is 0 Å². The van der Waals surface area contributed by atoms with Gasteiger partial charge in [0.25, 0.3) is 0 Å². The van der Waals surface area contributed by atoms with Crippen LogP contribution in [-0.2, 0) is 19.2 Å². The van der Waals surface area contributed by atoms with E-state index in [2.05, 4.69) is 0 Å². The fourth-order valence-corrected chi connectivity index (χ4v) is 0.794. The second kappa shape index (κ2) is 17.2. The van der Waals surface area contributed by atoms with Gasteiger partial charge in [0.05, 0.1) is 5.97 Å². The van der Waals surface area contributed by atoms with E-state index < -0.39 is 36.0 Å². The minimum absolute atomic E-state index is 0. The summed E-state index contributed by atoms with van der Waals surface area (Å²) in [5.41, 5.74) is 9.91. The Balaban J connectivity index is -0.000000135. The van der Waals surface area contributed by atoms with E-state index in [0.717, 1.165) is 0 Å². The van der Waals surface area contributed by atoms with Gasteiger partial charge in [0.2, 0.25) is 0 Å². The van der Waals surface area contributed by atoms with Crippen molar-refractivity contribution in [2.75, 3.05) is 0 Å². The Labute approximate surface area is 170 Å². The topological polar surface area (TPSA) is 207 Å². The van der Waals surface area contributed by atoms with Crippen LogP contribution < -0.4 is 80.8 Å². The number of carbonyl (C=O) groups excluding carboxylic acids is 2. The van der Waals surface area contributed by atoms with Crippen molar-refractivity contribution in [2.45, 2.75) is 37.8 Å². The molecule has 0 saturated heterocycles. The summed E-state index contributed by atoms with van der Waals surface area (Å²) in [4.78, 5) is 39.5. The summed E-state index contributed by atoms with van der Waals surface area (Å²) in [5.74, 6) is -4.95. The average Bonchev–Trinajstić information content (AvgIpc) is 2.33. The van der Waals surface area contributed by atoms with Crippen molar-refractivity contribution in [2.24, 2.45) is 11.5 Å². The molecule has 0 rings (SSSR count). The van der Waals surface area contributed by atoms with E-state index in [0.29, 0.717) is 0 Å². The van der Waals surface area contributed by atoms with Gasteiger partial charge in [0.1, 0.15) is 6.04 Å². The molecule has 12 heteroatoms. The molecule has 0 aliphatic rings. The molecule has 116 valence electrons. The van der Waals surface area contributed by atoms with Crippen molar-refractivity contribution in [3.05, 3.63) is 0 Å². The number of aliphatic carboxylic acids is 4. The van der Waals surface area contributed by atoms with Crippen LogP contribution in [0.3, 0.4) is 0 Å². The molecule has 2 unspecified atom stereocenters. The van der Waals surface area contributed by atoms with Crippen LogP contribution in [0, 0.1) is 0 Å². The Hall–Kier alpha value is -0.200. The monoisotopic (exact) mass is 338 g/mol. The van der Waals surface area contributed by atoms with Crippen LogP contribution in [-0.4, -0.2) is 46.2 Å². The zero-order valence-electron chi connectivity index (χ0n) is 12.5. The fraction of sp³-hybridized carbons (Fsp3) is 0.600. The Kier molecular flexibility index (Phi) is 23.2. The average molecular weight is 338 g/mol. The number of nitrogens with two attached hydrogens (primary N) is 2. The number of carboxylic acids is 4. The van der Waals surface area contributed by atoms with E-state index >= 15 is 0 Å². The second-order valence-electron chi connectivity index (χ2n) is 3.71. The Morgan fingerprint density at radius 1 is 0.864 bits per heavy atom. The predicted octanol–water partition coefficient (Wildman–Crippen LogP) is -10.1. The molecule has 0 aromatic carbocycles. The molecule has 0 heterocycles. The number of carbonyl (C=O) groups is 4. The molecule has 0 spiro atoms. The molecule has 0 aromatic rings. The first-order chi connectivity index (χ1) is 9.07. The van der Waals surface area contributed by atoms with E-state index in [-0.39, 0.29) is 84.8 Å². The minimum Gasteiger partial charge on any atom is -0.550 e. The second-order valence-corrected chi connectivity index (χ2v) is 3.71.